The molecule has 0 spiro atoms. The second kappa shape index (κ2) is 7.31. The van der Waals surface area contributed by atoms with Crippen molar-refractivity contribution >= 4 is 23.4 Å². The Bertz CT molecular complexity index is 728. The SMILES string of the molecule is COc1ccccc1NC(=O)Nc1ccc(CC(=O)O)cc1C. The van der Waals surface area contributed by atoms with E-state index >= 15 is 0 Å². The lowest BCUT2D eigenvalue weighted by Gasteiger charge is -2.13. The van der Waals surface area contributed by atoms with Gasteiger partial charge in [-0.05, 0) is 36.2 Å². The minimum atomic E-state index is -0.890. The summed E-state index contributed by atoms with van der Waals surface area (Å²) in [5.41, 5.74) is 2.66. The number of urea groups is 1. The molecule has 0 aliphatic rings. The molecule has 2 amide bonds. The number of aliphatic carboxylic acids is 1. The first-order chi connectivity index (χ1) is 11.0. The number of nitrogens with one attached hydrogen (secondary N) is 2. The van der Waals surface area contributed by atoms with Crippen molar-refractivity contribution in [1.82, 2.24) is 0 Å². The maximum atomic E-state index is 12.1. The zero-order valence-electron chi connectivity index (χ0n) is 12.9. The Balaban J connectivity index is 2.07. The summed E-state index contributed by atoms with van der Waals surface area (Å²) in [6.07, 6.45) is -0.0471. The summed E-state index contributed by atoms with van der Waals surface area (Å²) in [4.78, 5) is 22.8. The highest BCUT2D eigenvalue weighted by atomic mass is 16.5. The molecule has 0 bridgehead atoms. The van der Waals surface area contributed by atoms with Crippen molar-refractivity contribution in [1.29, 1.82) is 0 Å². The van der Waals surface area contributed by atoms with Crippen molar-refractivity contribution in [2.75, 3.05) is 17.7 Å². The molecule has 6 heteroatoms. The molecule has 0 heterocycles. The van der Waals surface area contributed by atoms with E-state index in [2.05, 4.69) is 10.6 Å². The van der Waals surface area contributed by atoms with Crippen LogP contribution in [0.15, 0.2) is 42.5 Å². The number of carboxylic acids is 1. The Kier molecular flexibility index (Phi) is 5.19. The number of hydrogen-bond acceptors (Lipinski definition) is 3. The van der Waals surface area contributed by atoms with Gasteiger partial charge in [0.15, 0.2) is 0 Å². The van der Waals surface area contributed by atoms with Crippen LogP contribution in [0.3, 0.4) is 0 Å². The number of para-hydroxylation sites is 2. The number of anilines is 2. The number of carbonyl (C=O) groups is 2. The van der Waals surface area contributed by atoms with E-state index in [1.165, 1.54) is 7.11 Å². The van der Waals surface area contributed by atoms with Gasteiger partial charge in [0.25, 0.3) is 0 Å². The molecular weight excluding hydrogens is 296 g/mol. The summed E-state index contributed by atoms with van der Waals surface area (Å²) in [7, 11) is 1.53. The van der Waals surface area contributed by atoms with Gasteiger partial charge in [-0.15, -0.1) is 0 Å². The van der Waals surface area contributed by atoms with Gasteiger partial charge in [-0.1, -0.05) is 24.3 Å². The third kappa shape index (κ3) is 4.47. The van der Waals surface area contributed by atoms with E-state index in [0.29, 0.717) is 22.7 Å². The number of hydrogen-bond donors (Lipinski definition) is 3. The van der Waals surface area contributed by atoms with E-state index in [1.54, 1.807) is 36.4 Å². The second-order valence-corrected chi connectivity index (χ2v) is 5.00. The molecular formula is C17H18N2O4. The molecule has 6 nitrogen and oxygen atoms in total. The predicted octanol–water partition coefficient (Wildman–Crippen LogP) is 3.27. The van der Waals surface area contributed by atoms with E-state index in [1.807, 2.05) is 13.0 Å². The number of methoxy groups -OCH3 is 1. The lowest BCUT2D eigenvalue weighted by atomic mass is 10.1. The number of carboxylic acid groups (broad SMARTS) is 1. The van der Waals surface area contributed by atoms with Crippen LogP contribution in [-0.4, -0.2) is 24.2 Å². The molecule has 0 saturated carbocycles. The highest BCUT2D eigenvalue weighted by Gasteiger charge is 2.09. The fraction of sp³-hybridized carbons (Fsp3) is 0.176. The fourth-order valence-electron chi connectivity index (χ4n) is 2.17. The van der Waals surface area contributed by atoms with Gasteiger partial charge in [0, 0.05) is 5.69 Å². The average Bonchev–Trinajstić information content (AvgIpc) is 2.50. The van der Waals surface area contributed by atoms with E-state index in [4.69, 9.17) is 9.84 Å². The van der Waals surface area contributed by atoms with E-state index in [0.717, 1.165) is 5.56 Å². The second-order valence-electron chi connectivity index (χ2n) is 5.00. The Morgan fingerprint density at radius 1 is 1.09 bits per heavy atom. The number of ether oxygens (including phenoxy) is 1. The van der Waals surface area contributed by atoms with Crippen LogP contribution in [0.25, 0.3) is 0 Å². The lowest BCUT2D eigenvalue weighted by molar-refractivity contribution is -0.136. The number of rotatable bonds is 5. The summed E-state index contributed by atoms with van der Waals surface area (Å²) < 4.78 is 5.17. The molecule has 23 heavy (non-hydrogen) atoms. The Morgan fingerprint density at radius 3 is 2.43 bits per heavy atom. The van der Waals surface area contributed by atoms with Crippen LogP contribution in [0.1, 0.15) is 11.1 Å². The van der Waals surface area contributed by atoms with E-state index in [9.17, 15) is 9.59 Å². The molecule has 0 radical (unpaired) electrons. The molecule has 2 rings (SSSR count). The monoisotopic (exact) mass is 314 g/mol. The fourth-order valence-corrected chi connectivity index (χ4v) is 2.17. The average molecular weight is 314 g/mol. The number of aryl methyl sites for hydroxylation is 1. The molecule has 0 atom stereocenters. The van der Waals surface area contributed by atoms with Crippen LogP contribution in [0, 0.1) is 6.92 Å². The number of carbonyl (C=O) groups excluding carboxylic acids is 1. The molecule has 0 aliphatic heterocycles. The molecule has 0 unspecified atom stereocenters. The van der Waals surface area contributed by atoms with E-state index < -0.39 is 12.0 Å². The Morgan fingerprint density at radius 2 is 1.78 bits per heavy atom. The quantitative estimate of drug-likeness (QED) is 0.790. The van der Waals surface area contributed by atoms with Gasteiger partial charge in [0.2, 0.25) is 0 Å². The summed E-state index contributed by atoms with van der Waals surface area (Å²) in [5.74, 6) is -0.324. The maximum absolute atomic E-state index is 12.1. The standard InChI is InChI=1S/C17H18N2O4/c1-11-9-12(10-16(20)21)7-8-13(11)18-17(22)19-14-5-3-4-6-15(14)23-2/h3-9H,10H2,1-2H3,(H,20,21)(H2,18,19,22). The van der Waals surface area contributed by atoms with Crippen LogP contribution in [0.2, 0.25) is 0 Å². The van der Waals surface area contributed by atoms with Crippen molar-refractivity contribution in [3.63, 3.8) is 0 Å². The first kappa shape index (κ1) is 16.4. The minimum absolute atomic E-state index is 0.0471. The van der Waals surface area contributed by atoms with Crippen LogP contribution in [0.4, 0.5) is 16.2 Å². The van der Waals surface area contributed by atoms with Gasteiger partial charge in [-0.2, -0.15) is 0 Å². The van der Waals surface area contributed by atoms with Gasteiger partial charge >= 0.3 is 12.0 Å². The topological polar surface area (TPSA) is 87.7 Å². The third-order valence-corrected chi connectivity index (χ3v) is 3.25. The minimum Gasteiger partial charge on any atom is -0.495 e. The molecule has 2 aromatic rings. The molecule has 0 saturated heterocycles. The number of benzene rings is 2. The predicted molar refractivity (Wildman–Crippen MR) is 88.2 cm³/mol. The largest absolute Gasteiger partial charge is 0.495 e. The Hall–Kier alpha value is -3.02. The number of amides is 2. The van der Waals surface area contributed by atoms with Crippen molar-refractivity contribution in [2.45, 2.75) is 13.3 Å². The van der Waals surface area contributed by atoms with Crippen LogP contribution >= 0.6 is 0 Å². The Labute approximate surface area is 134 Å². The molecule has 0 aromatic heterocycles. The summed E-state index contributed by atoms with van der Waals surface area (Å²) in [6, 6.07) is 11.8. The van der Waals surface area contributed by atoms with Gasteiger partial charge in [-0.25, -0.2) is 4.79 Å². The van der Waals surface area contributed by atoms with Gasteiger partial charge in [0.05, 0.1) is 19.2 Å². The van der Waals surface area contributed by atoms with Crippen LogP contribution in [0.5, 0.6) is 5.75 Å². The van der Waals surface area contributed by atoms with E-state index in [-0.39, 0.29) is 6.42 Å². The first-order valence-electron chi connectivity index (χ1n) is 7.02. The van der Waals surface area contributed by atoms with Crippen LogP contribution in [-0.2, 0) is 11.2 Å². The highest BCUT2D eigenvalue weighted by Crippen LogP contribution is 2.23. The van der Waals surface area contributed by atoms with Crippen molar-refractivity contribution < 1.29 is 19.4 Å². The summed E-state index contributed by atoms with van der Waals surface area (Å²) in [5, 5.41) is 14.2. The highest BCUT2D eigenvalue weighted by molar-refractivity contribution is 6.01. The maximum Gasteiger partial charge on any atom is 0.323 e. The summed E-state index contributed by atoms with van der Waals surface area (Å²) >= 11 is 0. The van der Waals surface area contributed by atoms with Crippen molar-refractivity contribution in [3.05, 3.63) is 53.6 Å². The van der Waals surface area contributed by atoms with Crippen molar-refractivity contribution in [2.24, 2.45) is 0 Å². The molecule has 3 N–H and O–H groups in total. The summed E-state index contributed by atoms with van der Waals surface area (Å²) in [6.45, 7) is 1.81. The molecule has 0 aliphatic carbocycles. The van der Waals surface area contributed by atoms with Gasteiger partial charge < -0.3 is 20.5 Å². The normalized spacial score (nSPS) is 10.0. The first-order valence-corrected chi connectivity index (χ1v) is 7.02. The zero-order valence-corrected chi connectivity index (χ0v) is 12.9. The van der Waals surface area contributed by atoms with Gasteiger partial charge in [0.1, 0.15) is 5.75 Å². The molecule has 2 aromatic carbocycles. The van der Waals surface area contributed by atoms with Crippen molar-refractivity contribution in [3.8, 4) is 5.75 Å². The molecule has 120 valence electrons. The third-order valence-electron chi connectivity index (χ3n) is 3.25. The van der Waals surface area contributed by atoms with Crippen LogP contribution < -0.4 is 15.4 Å². The molecule has 0 fully saturated rings. The zero-order chi connectivity index (χ0) is 16.8. The lowest BCUT2D eigenvalue weighted by Crippen LogP contribution is -2.20. The van der Waals surface area contributed by atoms with Gasteiger partial charge in [-0.3, -0.25) is 4.79 Å². The smallest absolute Gasteiger partial charge is 0.323 e.